The normalized spacial score (nSPS) is 12.7. The molecule has 14 heteroatoms. The van der Waals surface area contributed by atoms with E-state index in [0.29, 0.717) is 23.2 Å². The minimum absolute atomic E-state index is 0.0135. The fraction of sp³-hybridized carbons (Fsp3) is 0.367. The number of hydrogen-bond donors (Lipinski definition) is 3. The number of pyridine rings is 2. The lowest BCUT2D eigenvalue weighted by Gasteiger charge is -2.33. The van der Waals surface area contributed by atoms with Gasteiger partial charge in [-0.2, -0.15) is 13.2 Å². The highest BCUT2D eigenvalue weighted by Gasteiger charge is 2.34. The Hall–Kier alpha value is -4.30. The van der Waals surface area contributed by atoms with E-state index in [1.54, 1.807) is 30.5 Å². The lowest BCUT2D eigenvalue weighted by atomic mass is 9.86. The van der Waals surface area contributed by atoms with E-state index in [9.17, 15) is 32.7 Å². The molecule has 3 heterocycles. The van der Waals surface area contributed by atoms with E-state index in [1.807, 2.05) is 20.8 Å². The number of alkyl halides is 3. The van der Waals surface area contributed by atoms with Gasteiger partial charge in [0.2, 0.25) is 5.43 Å². The number of halogens is 3. The molecule has 1 aromatic carbocycles. The first-order chi connectivity index (χ1) is 20.7. The summed E-state index contributed by atoms with van der Waals surface area (Å²) in [4.78, 5) is 46.7. The Morgan fingerprint density at radius 1 is 1.14 bits per heavy atom. The topological polar surface area (TPSA) is 135 Å². The third-order valence-corrected chi connectivity index (χ3v) is 7.73. The van der Waals surface area contributed by atoms with Crippen molar-refractivity contribution in [1.82, 2.24) is 19.9 Å². The zero-order chi connectivity index (χ0) is 32.4. The number of hydrogen-bond acceptors (Lipinski definition) is 8. The molecule has 2 amide bonds. The third kappa shape index (κ3) is 6.76. The van der Waals surface area contributed by atoms with Gasteiger partial charge in [-0.1, -0.05) is 26.8 Å². The molecule has 0 unspecified atom stereocenters. The molecule has 0 bridgehead atoms. The number of anilines is 1. The Kier molecular flexibility index (Phi) is 9.44. The molecule has 0 aliphatic rings. The van der Waals surface area contributed by atoms with Gasteiger partial charge in [0.1, 0.15) is 16.4 Å². The number of carbonyl (C=O) groups is 2. The highest BCUT2D eigenvalue weighted by molar-refractivity contribution is 7.13. The van der Waals surface area contributed by atoms with Crippen LogP contribution in [0, 0.1) is 5.41 Å². The molecule has 4 rings (SSSR count). The summed E-state index contributed by atoms with van der Waals surface area (Å²) in [5.74, 6) is -0.753. The molecule has 234 valence electrons. The molecule has 0 saturated heterocycles. The van der Waals surface area contributed by atoms with Gasteiger partial charge >= 0.3 is 18.2 Å². The number of rotatable bonds is 8. The number of aliphatic hydroxyl groups is 1. The van der Waals surface area contributed by atoms with Crippen LogP contribution in [0.25, 0.3) is 32.6 Å². The number of nitrogens with zero attached hydrogens (tertiary/aromatic N) is 3. The Morgan fingerprint density at radius 2 is 1.86 bits per heavy atom. The van der Waals surface area contributed by atoms with E-state index in [-0.39, 0.29) is 40.6 Å². The number of carbonyl (C=O) groups excluding carboxylic acids is 2. The number of fused-ring (bicyclic) bond motifs is 1. The SMILES string of the molecule is CCNC(=O)Nc1cc(-c2nc(C(F)(F)F)cs2)c(-c2ccc3c(c2)c(=O)c(C(=O)OCC)cn3[C@@H](CO)C(C)(C)C)cn1. The summed E-state index contributed by atoms with van der Waals surface area (Å²) in [5.41, 5.74) is -1.00. The van der Waals surface area contributed by atoms with Crippen molar-refractivity contribution in [2.45, 2.75) is 46.8 Å². The average molecular weight is 632 g/mol. The van der Waals surface area contributed by atoms with E-state index in [4.69, 9.17) is 4.74 Å². The van der Waals surface area contributed by atoms with Crippen molar-refractivity contribution in [2.75, 3.05) is 25.1 Å². The molecule has 4 aromatic rings. The van der Waals surface area contributed by atoms with Crippen LogP contribution in [0.15, 0.2) is 46.8 Å². The van der Waals surface area contributed by atoms with E-state index in [2.05, 4.69) is 20.6 Å². The molecule has 0 aliphatic heterocycles. The average Bonchev–Trinajstić information content (AvgIpc) is 3.45. The Labute approximate surface area is 254 Å². The second-order valence-corrected chi connectivity index (χ2v) is 11.8. The molecule has 3 aromatic heterocycles. The molecule has 44 heavy (non-hydrogen) atoms. The van der Waals surface area contributed by atoms with Crippen molar-refractivity contribution in [3.8, 4) is 21.7 Å². The summed E-state index contributed by atoms with van der Waals surface area (Å²) in [6, 6.07) is 5.14. The molecule has 0 fully saturated rings. The van der Waals surface area contributed by atoms with Crippen LogP contribution < -0.4 is 16.1 Å². The molecule has 3 N–H and O–H groups in total. The first kappa shape index (κ1) is 32.6. The predicted octanol–water partition coefficient (Wildman–Crippen LogP) is 6.10. The van der Waals surface area contributed by atoms with Gasteiger partial charge < -0.3 is 19.7 Å². The summed E-state index contributed by atoms with van der Waals surface area (Å²) >= 11 is 0.765. The van der Waals surface area contributed by atoms with Crippen LogP contribution in [0.1, 0.15) is 56.7 Å². The van der Waals surface area contributed by atoms with Crippen molar-refractivity contribution in [3.05, 3.63) is 63.5 Å². The number of thiazole rings is 1. The maximum absolute atomic E-state index is 13.7. The zero-order valence-corrected chi connectivity index (χ0v) is 25.5. The lowest BCUT2D eigenvalue weighted by molar-refractivity contribution is -0.140. The van der Waals surface area contributed by atoms with Gasteiger partial charge in [0.15, 0.2) is 5.69 Å². The van der Waals surface area contributed by atoms with Crippen LogP contribution in [-0.4, -0.2) is 51.4 Å². The largest absolute Gasteiger partial charge is 0.462 e. The van der Waals surface area contributed by atoms with E-state index >= 15 is 0 Å². The quantitative estimate of drug-likeness (QED) is 0.200. The Balaban J connectivity index is 1.98. The molecule has 0 radical (unpaired) electrons. The number of aromatic nitrogens is 3. The standard InChI is InChI=1S/C30H32F3N5O5S/c1-6-34-28(42)37-24-11-17(26-36-22(15-44-26)30(31,32)33)19(12-35-24)16-8-9-21-18(10-16)25(40)20(27(41)43-7-2)13-38(21)23(14-39)29(3,4)5/h8-13,15,23,39H,6-7,14H2,1-5H3,(H2,34,35,37,42)/t23-/m0/s1. The smallest absolute Gasteiger partial charge is 0.434 e. The first-order valence-corrected chi connectivity index (χ1v) is 14.6. The second kappa shape index (κ2) is 12.7. The minimum Gasteiger partial charge on any atom is -0.462 e. The molecule has 0 aliphatic carbocycles. The monoisotopic (exact) mass is 631 g/mol. The van der Waals surface area contributed by atoms with Crippen molar-refractivity contribution < 1.29 is 32.6 Å². The molecule has 1 atom stereocenters. The van der Waals surface area contributed by atoms with E-state index < -0.39 is 40.8 Å². The second-order valence-electron chi connectivity index (χ2n) is 10.9. The third-order valence-electron chi connectivity index (χ3n) is 6.85. The molecule has 10 nitrogen and oxygen atoms in total. The highest BCUT2D eigenvalue weighted by Crippen LogP contribution is 2.39. The maximum atomic E-state index is 13.7. The lowest BCUT2D eigenvalue weighted by Crippen LogP contribution is -2.30. The van der Waals surface area contributed by atoms with Gasteiger partial charge in [-0.3, -0.25) is 10.1 Å². The first-order valence-electron chi connectivity index (χ1n) is 13.7. The van der Waals surface area contributed by atoms with Gasteiger partial charge in [-0.15, -0.1) is 11.3 Å². The van der Waals surface area contributed by atoms with Crippen LogP contribution in [0.3, 0.4) is 0 Å². The van der Waals surface area contributed by atoms with Gasteiger partial charge in [0, 0.05) is 40.8 Å². The van der Waals surface area contributed by atoms with Crippen LogP contribution in [-0.2, 0) is 10.9 Å². The summed E-state index contributed by atoms with van der Waals surface area (Å²) in [5, 5.41) is 16.4. The van der Waals surface area contributed by atoms with Gasteiger partial charge in [-0.25, -0.2) is 19.6 Å². The zero-order valence-electron chi connectivity index (χ0n) is 24.7. The maximum Gasteiger partial charge on any atom is 0.434 e. The van der Waals surface area contributed by atoms with E-state index in [1.165, 1.54) is 24.5 Å². The van der Waals surface area contributed by atoms with Gasteiger partial charge in [0.05, 0.1) is 24.8 Å². The molecule has 0 saturated carbocycles. The number of amides is 2. The summed E-state index contributed by atoms with van der Waals surface area (Å²) in [6.07, 6.45) is -1.92. The fourth-order valence-corrected chi connectivity index (χ4v) is 5.55. The summed E-state index contributed by atoms with van der Waals surface area (Å²) < 4.78 is 47.1. The van der Waals surface area contributed by atoms with Crippen LogP contribution >= 0.6 is 11.3 Å². The van der Waals surface area contributed by atoms with Crippen LogP contribution in [0.4, 0.5) is 23.8 Å². The highest BCUT2D eigenvalue weighted by atomic mass is 32.1. The van der Waals surface area contributed by atoms with E-state index in [0.717, 1.165) is 16.7 Å². The van der Waals surface area contributed by atoms with Crippen molar-refractivity contribution >= 4 is 40.1 Å². The number of aliphatic hydroxyl groups excluding tert-OH is 1. The molecular weight excluding hydrogens is 599 g/mol. The Bertz CT molecular complexity index is 1760. The number of benzene rings is 1. The van der Waals surface area contributed by atoms with Crippen LogP contribution in [0.2, 0.25) is 0 Å². The van der Waals surface area contributed by atoms with Crippen molar-refractivity contribution in [3.63, 3.8) is 0 Å². The van der Waals surface area contributed by atoms with Crippen molar-refractivity contribution in [1.29, 1.82) is 0 Å². The fourth-order valence-electron chi connectivity index (χ4n) is 4.69. The van der Waals surface area contributed by atoms with Gasteiger partial charge in [-0.05, 0) is 43.0 Å². The number of esters is 1. The van der Waals surface area contributed by atoms with Gasteiger partial charge in [0.25, 0.3) is 0 Å². The van der Waals surface area contributed by atoms with Crippen molar-refractivity contribution in [2.24, 2.45) is 5.41 Å². The molecular formula is C30H32F3N5O5S. The number of urea groups is 1. The number of ether oxygens (including phenoxy) is 1. The molecule has 0 spiro atoms. The minimum atomic E-state index is -4.67. The predicted molar refractivity (Wildman–Crippen MR) is 162 cm³/mol. The summed E-state index contributed by atoms with van der Waals surface area (Å²) in [7, 11) is 0. The van der Waals surface area contributed by atoms with Crippen LogP contribution in [0.5, 0.6) is 0 Å². The Morgan fingerprint density at radius 3 is 2.45 bits per heavy atom. The summed E-state index contributed by atoms with van der Waals surface area (Å²) in [6.45, 7) is 9.16. The number of nitrogens with one attached hydrogen (secondary N) is 2.